The van der Waals surface area contributed by atoms with Crippen molar-refractivity contribution in [2.45, 2.75) is 32.4 Å². The van der Waals surface area contributed by atoms with Crippen LogP contribution in [0.1, 0.15) is 25.3 Å². The number of guanidine groups is 1. The highest BCUT2D eigenvalue weighted by Crippen LogP contribution is 2.18. The number of nitrogens with one attached hydrogen (secondary N) is 2. The Bertz CT molecular complexity index is 685. The minimum atomic E-state index is 0.454. The van der Waals surface area contributed by atoms with Crippen molar-refractivity contribution in [3.8, 4) is 11.6 Å². The van der Waals surface area contributed by atoms with Crippen LogP contribution in [0.5, 0.6) is 11.6 Å². The Morgan fingerprint density at radius 3 is 2.62 bits per heavy atom. The molecule has 0 saturated heterocycles. The highest BCUT2D eigenvalue weighted by Gasteiger charge is 2.21. The molecule has 0 aliphatic heterocycles. The summed E-state index contributed by atoms with van der Waals surface area (Å²) in [6.45, 7) is 4.45. The van der Waals surface area contributed by atoms with Crippen molar-refractivity contribution in [3.05, 3.63) is 54.2 Å². The predicted molar refractivity (Wildman–Crippen MR) is 103 cm³/mol. The zero-order chi connectivity index (χ0) is 18.0. The first-order valence-electron chi connectivity index (χ1n) is 9.14. The normalized spacial score (nSPS) is 14.0. The van der Waals surface area contributed by atoms with E-state index in [1.807, 2.05) is 42.5 Å². The molecular formula is C20H26N4O2. The molecule has 2 N–H and O–H groups in total. The van der Waals surface area contributed by atoms with Crippen LogP contribution in [0.15, 0.2) is 53.7 Å². The molecule has 2 aromatic rings. The summed E-state index contributed by atoms with van der Waals surface area (Å²) < 4.78 is 11.2. The quantitative estimate of drug-likeness (QED) is 0.412. The van der Waals surface area contributed by atoms with Crippen LogP contribution in [0.25, 0.3) is 0 Å². The minimum absolute atomic E-state index is 0.454. The van der Waals surface area contributed by atoms with Crippen molar-refractivity contribution in [1.29, 1.82) is 0 Å². The average molecular weight is 354 g/mol. The molecule has 3 rings (SSSR count). The molecule has 1 fully saturated rings. The second kappa shape index (κ2) is 9.65. The third kappa shape index (κ3) is 6.27. The highest BCUT2D eigenvalue weighted by atomic mass is 16.5. The van der Waals surface area contributed by atoms with Crippen LogP contribution in [-0.2, 0) is 6.54 Å². The van der Waals surface area contributed by atoms with E-state index in [2.05, 4.69) is 27.5 Å². The van der Waals surface area contributed by atoms with Crippen LogP contribution in [0.3, 0.4) is 0 Å². The van der Waals surface area contributed by atoms with Crippen molar-refractivity contribution in [2.24, 2.45) is 4.99 Å². The first-order valence-corrected chi connectivity index (χ1v) is 9.14. The first kappa shape index (κ1) is 18.0. The van der Waals surface area contributed by atoms with Gasteiger partial charge in [0.15, 0.2) is 5.96 Å². The SMILES string of the molecule is CCNC(=NCc1ccc(OCCOc2ccccc2)nc1)NC1CC1. The zero-order valence-corrected chi connectivity index (χ0v) is 15.1. The number of nitrogens with zero attached hydrogens (tertiary/aromatic N) is 2. The van der Waals surface area contributed by atoms with Gasteiger partial charge in [-0.3, -0.25) is 0 Å². The van der Waals surface area contributed by atoms with Gasteiger partial charge in [0.1, 0.15) is 19.0 Å². The van der Waals surface area contributed by atoms with E-state index < -0.39 is 0 Å². The topological polar surface area (TPSA) is 67.8 Å². The monoisotopic (exact) mass is 354 g/mol. The van der Waals surface area contributed by atoms with Gasteiger partial charge in [0, 0.05) is 24.8 Å². The molecule has 0 unspecified atom stereocenters. The molecule has 1 aromatic heterocycles. The zero-order valence-electron chi connectivity index (χ0n) is 15.1. The van der Waals surface area contributed by atoms with Crippen molar-refractivity contribution < 1.29 is 9.47 Å². The third-order valence-electron chi connectivity index (χ3n) is 3.82. The van der Waals surface area contributed by atoms with Gasteiger partial charge in [-0.25, -0.2) is 9.98 Å². The molecule has 0 radical (unpaired) electrons. The second-order valence-electron chi connectivity index (χ2n) is 6.13. The van der Waals surface area contributed by atoms with Crippen LogP contribution < -0.4 is 20.1 Å². The van der Waals surface area contributed by atoms with Gasteiger partial charge in [-0.05, 0) is 37.5 Å². The molecule has 1 aliphatic rings. The van der Waals surface area contributed by atoms with Crippen LogP contribution >= 0.6 is 0 Å². The van der Waals surface area contributed by atoms with Gasteiger partial charge in [0.25, 0.3) is 0 Å². The Kier molecular flexibility index (Phi) is 6.70. The van der Waals surface area contributed by atoms with Crippen LogP contribution in [0, 0.1) is 0 Å². The van der Waals surface area contributed by atoms with Gasteiger partial charge in [0.2, 0.25) is 5.88 Å². The molecule has 1 aromatic carbocycles. The van der Waals surface area contributed by atoms with Crippen LogP contribution in [0.4, 0.5) is 0 Å². The van der Waals surface area contributed by atoms with Crippen molar-refractivity contribution in [2.75, 3.05) is 19.8 Å². The van der Waals surface area contributed by atoms with E-state index in [4.69, 9.17) is 9.47 Å². The number of rotatable bonds is 9. The summed E-state index contributed by atoms with van der Waals surface area (Å²) in [5, 5.41) is 6.66. The molecular weight excluding hydrogens is 328 g/mol. The number of hydrogen-bond acceptors (Lipinski definition) is 4. The number of aliphatic imine (C=N–C) groups is 1. The number of aromatic nitrogens is 1. The minimum Gasteiger partial charge on any atom is -0.490 e. The standard InChI is InChI=1S/C20H26N4O2/c1-2-21-20(24-17-9-10-17)23-15-16-8-11-19(22-14-16)26-13-12-25-18-6-4-3-5-7-18/h3-8,11,14,17H,2,9-10,12-13,15H2,1H3,(H2,21,23,24). The lowest BCUT2D eigenvalue weighted by atomic mass is 10.3. The lowest BCUT2D eigenvalue weighted by Gasteiger charge is -2.10. The lowest BCUT2D eigenvalue weighted by Crippen LogP contribution is -2.38. The lowest BCUT2D eigenvalue weighted by molar-refractivity contribution is 0.212. The van der Waals surface area contributed by atoms with E-state index in [0.29, 0.717) is 31.7 Å². The summed E-state index contributed by atoms with van der Waals surface area (Å²) in [4.78, 5) is 8.93. The van der Waals surface area contributed by atoms with Crippen molar-refractivity contribution in [3.63, 3.8) is 0 Å². The summed E-state index contributed by atoms with van der Waals surface area (Å²) in [6.07, 6.45) is 4.26. The fraction of sp³-hybridized carbons (Fsp3) is 0.400. The molecule has 138 valence electrons. The van der Waals surface area contributed by atoms with Crippen molar-refractivity contribution >= 4 is 5.96 Å². The van der Waals surface area contributed by atoms with Gasteiger partial charge in [0.05, 0.1) is 6.54 Å². The summed E-state index contributed by atoms with van der Waals surface area (Å²) in [5.74, 6) is 2.30. The van der Waals surface area contributed by atoms with Gasteiger partial charge >= 0.3 is 0 Å². The molecule has 0 atom stereocenters. The van der Waals surface area contributed by atoms with E-state index >= 15 is 0 Å². The molecule has 1 saturated carbocycles. The van der Waals surface area contributed by atoms with Gasteiger partial charge in [-0.15, -0.1) is 0 Å². The number of hydrogen-bond donors (Lipinski definition) is 2. The fourth-order valence-corrected chi connectivity index (χ4v) is 2.32. The van der Waals surface area contributed by atoms with Crippen molar-refractivity contribution in [1.82, 2.24) is 15.6 Å². The average Bonchev–Trinajstić information content (AvgIpc) is 3.49. The number of benzene rings is 1. The molecule has 0 spiro atoms. The molecule has 1 aliphatic carbocycles. The third-order valence-corrected chi connectivity index (χ3v) is 3.82. The van der Waals surface area contributed by atoms with Gasteiger partial charge in [-0.1, -0.05) is 24.3 Å². The highest BCUT2D eigenvalue weighted by molar-refractivity contribution is 5.80. The smallest absolute Gasteiger partial charge is 0.213 e. The summed E-state index contributed by atoms with van der Waals surface area (Å²) in [7, 11) is 0. The Hall–Kier alpha value is -2.76. The molecule has 6 heteroatoms. The summed E-state index contributed by atoms with van der Waals surface area (Å²) in [6, 6.07) is 14.1. The van der Waals surface area contributed by atoms with E-state index in [1.165, 1.54) is 12.8 Å². The molecule has 0 amide bonds. The van der Waals surface area contributed by atoms with E-state index in [9.17, 15) is 0 Å². The Morgan fingerprint density at radius 2 is 1.92 bits per heavy atom. The maximum atomic E-state index is 5.61. The largest absolute Gasteiger partial charge is 0.490 e. The molecule has 6 nitrogen and oxygen atoms in total. The predicted octanol–water partition coefficient (Wildman–Crippen LogP) is 2.76. The Labute approximate surface area is 154 Å². The number of pyridine rings is 1. The Morgan fingerprint density at radius 1 is 1.12 bits per heavy atom. The van der Waals surface area contributed by atoms with E-state index in [0.717, 1.165) is 23.8 Å². The summed E-state index contributed by atoms with van der Waals surface area (Å²) >= 11 is 0. The maximum Gasteiger partial charge on any atom is 0.213 e. The number of para-hydroxylation sites is 1. The second-order valence-corrected chi connectivity index (χ2v) is 6.13. The first-order chi connectivity index (χ1) is 12.8. The fourth-order valence-electron chi connectivity index (χ4n) is 2.32. The summed E-state index contributed by atoms with van der Waals surface area (Å²) in [5.41, 5.74) is 1.05. The Balaban J connectivity index is 1.41. The number of ether oxygens (including phenoxy) is 2. The van der Waals surface area contributed by atoms with Gasteiger partial charge in [-0.2, -0.15) is 0 Å². The molecule has 26 heavy (non-hydrogen) atoms. The molecule has 1 heterocycles. The maximum absolute atomic E-state index is 5.61. The van der Waals surface area contributed by atoms with E-state index in [-0.39, 0.29) is 0 Å². The van der Waals surface area contributed by atoms with E-state index in [1.54, 1.807) is 6.20 Å². The van der Waals surface area contributed by atoms with Crippen LogP contribution in [0.2, 0.25) is 0 Å². The van der Waals surface area contributed by atoms with Crippen LogP contribution in [-0.4, -0.2) is 36.7 Å². The van der Waals surface area contributed by atoms with Gasteiger partial charge < -0.3 is 20.1 Å². The molecule has 0 bridgehead atoms.